The van der Waals surface area contributed by atoms with E-state index in [0.717, 1.165) is 35.5 Å². The van der Waals surface area contributed by atoms with E-state index in [1.807, 2.05) is 11.1 Å². The molecule has 0 aromatic rings. The van der Waals surface area contributed by atoms with Crippen molar-refractivity contribution in [2.45, 2.75) is 123 Å². The molecule has 0 amide bonds. The monoisotopic (exact) mass is 423 g/mol. The van der Waals surface area contributed by atoms with Crippen LogP contribution in [0.2, 0.25) is 0 Å². The van der Waals surface area contributed by atoms with Gasteiger partial charge < -0.3 is 5.32 Å². The Kier molecular flexibility index (Phi) is 5.04. The third kappa shape index (κ3) is 3.10. The molecule has 5 saturated carbocycles. The molecule has 0 heterocycles. The maximum Gasteiger partial charge on any atom is 0.0212 e. The highest BCUT2D eigenvalue weighted by Gasteiger charge is 2.58. The van der Waals surface area contributed by atoms with Crippen LogP contribution >= 0.6 is 0 Å². The Morgan fingerprint density at radius 2 is 1.81 bits per heavy atom. The Balaban J connectivity index is 1.28. The first-order valence-electron chi connectivity index (χ1n) is 14.3. The summed E-state index contributed by atoms with van der Waals surface area (Å²) in [6.45, 7) is 7.83. The molecular weight excluding hydrogens is 374 g/mol. The lowest BCUT2D eigenvalue weighted by atomic mass is 9.52. The molecule has 6 aliphatic carbocycles. The van der Waals surface area contributed by atoms with E-state index in [1.54, 1.807) is 12.8 Å². The van der Waals surface area contributed by atoms with Crippen molar-refractivity contribution >= 4 is 0 Å². The summed E-state index contributed by atoms with van der Waals surface area (Å²) in [5.74, 6) is 5.93. The molecule has 6 aliphatic rings. The first-order valence-corrected chi connectivity index (χ1v) is 14.3. The maximum absolute atomic E-state index is 3.92. The van der Waals surface area contributed by atoms with E-state index in [2.05, 4.69) is 33.1 Å². The van der Waals surface area contributed by atoms with Crippen LogP contribution in [0.1, 0.15) is 117 Å². The Morgan fingerprint density at radius 1 is 0.935 bits per heavy atom. The molecule has 1 nitrogen and oxygen atoms in total. The van der Waals surface area contributed by atoms with Crippen LogP contribution in [0, 0.1) is 46.3 Å². The lowest BCUT2D eigenvalue weighted by Crippen LogP contribution is -2.49. The zero-order valence-electron chi connectivity index (χ0n) is 21.1. The second kappa shape index (κ2) is 7.35. The number of nitrogens with one attached hydrogen (secondary N) is 1. The van der Waals surface area contributed by atoms with Crippen molar-refractivity contribution in [3.05, 3.63) is 11.1 Å². The van der Waals surface area contributed by atoms with Crippen molar-refractivity contribution < 1.29 is 0 Å². The third-order valence-electron chi connectivity index (χ3n) is 12.7. The Hall–Kier alpha value is -0.300. The Bertz CT molecular complexity index is 752. The summed E-state index contributed by atoms with van der Waals surface area (Å²) in [4.78, 5) is 0. The van der Waals surface area contributed by atoms with Crippen molar-refractivity contribution in [2.75, 3.05) is 7.05 Å². The van der Waals surface area contributed by atoms with E-state index in [0.29, 0.717) is 16.4 Å². The Labute approximate surface area is 192 Å². The summed E-state index contributed by atoms with van der Waals surface area (Å²) < 4.78 is 0. The molecule has 1 N–H and O–H groups in total. The summed E-state index contributed by atoms with van der Waals surface area (Å²) in [5.41, 5.74) is 5.60. The van der Waals surface area contributed by atoms with E-state index in [9.17, 15) is 0 Å². The molecule has 174 valence electrons. The smallest absolute Gasteiger partial charge is 0.0212 e. The first kappa shape index (κ1) is 21.2. The summed E-state index contributed by atoms with van der Waals surface area (Å²) in [5, 5.41) is 3.92. The van der Waals surface area contributed by atoms with Crippen molar-refractivity contribution in [3.8, 4) is 0 Å². The number of hydrogen-bond acceptors (Lipinski definition) is 1. The SMILES string of the molecule is CNC12CCC(C)CC1CC1(CCC3C(=C(C)C1)CC1C3CCC3CCCCC31C)C2. The van der Waals surface area contributed by atoms with Crippen LogP contribution in [-0.2, 0) is 0 Å². The zero-order chi connectivity index (χ0) is 21.4. The van der Waals surface area contributed by atoms with Crippen LogP contribution < -0.4 is 5.32 Å². The van der Waals surface area contributed by atoms with E-state index in [-0.39, 0.29) is 0 Å². The number of fused-ring (bicyclic) bond motifs is 6. The molecule has 0 aromatic carbocycles. The van der Waals surface area contributed by atoms with Gasteiger partial charge >= 0.3 is 0 Å². The predicted octanol–water partition coefficient (Wildman–Crippen LogP) is 7.90. The van der Waals surface area contributed by atoms with Gasteiger partial charge in [-0.05, 0) is 144 Å². The number of rotatable bonds is 1. The topological polar surface area (TPSA) is 12.0 Å². The highest BCUT2D eigenvalue weighted by Crippen LogP contribution is 2.67. The van der Waals surface area contributed by atoms with Gasteiger partial charge in [-0.2, -0.15) is 0 Å². The van der Waals surface area contributed by atoms with Crippen LogP contribution in [0.25, 0.3) is 0 Å². The van der Waals surface area contributed by atoms with Gasteiger partial charge in [0.05, 0.1) is 0 Å². The van der Waals surface area contributed by atoms with Gasteiger partial charge in [0.1, 0.15) is 0 Å². The lowest BCUT2D eigenvalue weighted by Gasteiger charge is -2.52. The van der Waals surface area contributed by atoms with E-state index in [1.165, 1.54) is 83.5 Å². The fraction of sp³-hybridized carbons (Fsp3) is 0.933. The largest absolute Gasteiger partial charge is 0.314 e. The first-order chi connectivity index (χ1) is 14.9. The minimum Gasteiger partial charge on any atom is -0.314 e. The highest BCUT2D eigenvalue weighted by molar-refractivity contribution is 5.28. The van der Waals surface area contributed by atoms with Gasteiger partial charge in [0, 0.05) is 5.54 Å². The van der Waals surface area contributed by atoms with Crippen LogP contribution in [-0.4, -0.2) is 12.6 Å². The average Bonchev–Trinajstić information content (AvgIpc) is 3.24. The number of hydrogen-bond donors (Lipinski definition) is 1. The third-order valence-corrected chi connectivity index (χ3v) is 12.7. The van der Waals surface area contributed by atoms with Crippen LogP contribution in [0.4, 0.5) is 0 Å². The zero-order valence-corrected chi connectivity index (χ0v) is 21.1. The summed E-state index contributed by atoms with van der Waals surface area (Å²) in [6.07, 6.45) is 22.5. The highest BCUT2D eigenvalue weighted by atomic mass is 15.0. The molecule has 9 unspecified atom stereocenters. The minimum atomic E-state index is 0.465. The normalized spacial score (nSPS) is 54.2. The molecular formula is C30H49N. The van der Waals surface area contributed by atoms with E-state index in [4.69, 9.17) is 0 Å². The molecule has 6 rings (SSSR count). The molecule has 1 heteroatoms. The lowest BCUT2D eigenvalue weighted by molar-refractivity contribution is -0.0309. The van der Waals surface area contributed by atoms with Crippen LogP contribution in [0.3, 0.4) is 0 Å². The molecule has 5 fully saturated rings. The average molecular weight is 424 g/mol. The van der Waals surface area contributed by atoms with Gasteiger partial charge in [-0.1, -0.05) is 37.8 Å². The number of allylic oxidation sites excluding steroid dienone is 2. The molecule has 0 aromatic heterocycles. The van der Waals surface area contributed by atoms with Crippen molar-refractivity contribution in [3.63, 3.8) is 0 Å². The van der Waals surface area contributed by atoms with Crippen LogP contribution in [0.5, 0.6) is 0 Å². The van der Waals surface area contributed by atoms with Crippen molar-refractivity contribution in [2.24, 2.45) is 46.3 Å². The standard InChI is InChI=1S/C30H49N/c1-20-10-14-30(31-4)19-29(18-23(30)15-20)13-11-24-25-9-8-22-7-5-6-12-28(22,3)27(25)16-26(24)21(2)17-29/h20,22-25,27,31H,5-19H2,1-4H3. The van der Waals surface area contributed by atoms with E-state index < -0.39 is 0 Å². The van der Waals surface area contributed by atoms with Gasteiger partial charge in [-0.3, -0.25) is 0 Å². The second-order valence-corrected chi connectivity index (χ2v) is 14.0. The molecule has 0 bridgehead atoms. The van der Waals surface area contributed by atoms with Crippen molar-refractivity contribution in [1.29, 1.82) is 0 Å². The predicted molar refractivity (Wildman–Crippen MR) is 131 cm³/mol. The van der Waals surface area contributed by atoms with Gasteiger partial charge in [-0.15, -0.1) is 0 Å². The summed E-state index contributed by atoms with van der Waals surface area (Å²) in [6, 6.07) is 0. The van der Waals surface area contributed by atoms with Gasteiger partial charge in [-0.25, -0.2) is 0 Å². The fourth-order valence-electron chi connectivity index (χ4n) is 11.1. The fourth-order valence-corrected chi connectivity index (χ4v) is 11.1. The van der Waals surface area contributed by atoms with Gasteiger partial charge in [0.15, 0.2) is 0 Å². The quantitative estimate of drug-likeness (QED) is 0.423. The molecule has 31 heavy (non-hydrogen) atoms. The second-order valence-electron chi connectivity index (χ2n) is 14.0. The molecule has 1 spiro atoms. The Morgan fingerprint density at radius 3 is 2.65 bits per heavy atom. The summed E-state index contributed by atoms with van der Waals surface area (Å²) >= 11 is 0. The molecule has 0 aliphatic heterocycles. The molecule has 9 atom stereocenters. The molecule has 0 radical (unpaired) electrons. The van der Waals surface area contributed by atoms with Gasteiger partial charge in [0.25, 0.3) is 0 Å². The van der Waals surface area contributed by atoms with Gasteiger partial charge in [0.2, 0.25) is 0 Å². The van der Waals surface area contributed by atoms with Crippen LogP contribution in [0.15, 0.2) is 11.1 Å². The molecule has 0 saturated heterocycles. The minimum absolute atomic E-state index is 0.465. The van der Waals surface area contributed by atoms with E-state index >= 15 is 0 Å². The summed E-state index contributed by atoms with van der Waals surface area (Å²) in [7, 11) is 2.28. The van der Waals surface area contributed by atoms with Crippen molar-refractivity contribution in [1.82, 2.24) is 5.32 Å². The maximum atomic E-state index is 3.92.